The number of rotatable bonds is 8. The molecule has 200 valence electrons. The summed E-state index contributed by atoms with van der Waals surface area (Å²) in [6, 6.07) is 10.6. The second kappa shape index (κ2) is 12.2. The van der Waals surface area contributed by atoms with Crippen molar-refractivity contribution in [1.82, 2.24) is 0 Å². The SMILES string of the molecule is CC(C)(C)[Si](C)(C)O[C@H](/C=C/C(C#C[Si](C)(C)C)(C#C[Si](C)(C)C)O[Si](C)(C)C)Cc1ccccc1. The van der Waals surface area contributed by atoms with Crippen LogP contribution < -0.4 is 0 Å². The quantitative estimate of drug-likeness (QED) is 0.181. The molecule has 1 aromatic carbocycles. The molecule has 0 unspecified atom stereocenters. The third-order valence-electron chi connectivity index (χ3n) is 5.79. The summed E-state index contributed by atoms with van der Waals surface area (Å²) >= 11 is 0. The lowest BCUT2D eigenvalue weighted by atomic mass is 10.0. The lowest BCUT2D eigenvalue weighted by Gasteiger charge is -2.39. The van der Waals surface area contributed by atoms with E-state index in [4.69, 9.17) is 8.85 Å². The minimum Gasteiger partial charge on any atom is -0.410 e. The molecule has 36 heavy (non-hydrogen) atoms. The molecule has 0 aliphatic carbocycles. The van der Waals surface area contributed by atoms with E-state index in [0.717, 1.165) is 6.42 Å². The first-order valence-electron chi connectivity index (χ1n) is 13.2. The van der Waals surface area contributed by atoms with Crippen LogP contribution in [0.25, 0.3) is 0 Å². The van der Waals surface area contributed by atoms with Gasteiger partial charge in [-0.3, -0.25) is 0 Å². The highest BCUT2D eigenvalue weighted by molar-refractivity contribution is 6.84. The molecule has 0 radical (unpaired) electrons. The fourth-order valence-electron chi connectivity index (χ4n) is 3.04. The van der Waals surface area contributed by atoms with Gasteiger partial charge in [-0.05, 0) is 49.4 Å². The van der Waals surface area contributed by atoms with Crippen molar-refractivity contribution < 1.29 is 8.85 Å². The van der Waals surface area contributed by atoms with E-state index in [-0.39, 0.29) is 11.1 Å². The van der Waals surface area contributed by atoms with E-state index < -0.39 is 38.4 Å². The van der Waals surface area contributed by atoms with Crippen LogP contribution in [0.1, 0.15) is 26.3 Å². The zero-order chi connectivity index (χ0) is 28.1. The van der Waals surface area contributed by atoms with Gasteiger partial charge in [0.2, 0.25) is 0 Å². The molecule has 0 heterocycles. The predicted molar refractivity (Wildman–Crippen MR) is 171 cm³/mol. The monoisotopic (exact) mass is 556 g/mol. The van der Waals surface area contributed by atoms with E-state index in [0.29, 0.717) is 0 Å². The second-order valence-corrected chi connectivity index (χ2v) is 33.1. The molecule has 1 rings (SSSR count). The van der Waals surface area contributed by atoms with Gasteiger partial charge < -0.3 is 8.85 Å². The molecule has 0 amide bonds. The van der Waals surface area contributed by atoms with Gasteiger partial charge in [-0.15, -0.1) is 11.1 Å². The molecule has 1 atom stereocenters. The van der Waals surface area contributed by atoms with Gasteiger partial charge in [0.15, 0.2) is 22.2 Å². The molecule has 0 N–H and O–H groups in total. The van der Waals surface area contributed by atoms with Crippen molar-refractivity contribution in [3.63, 3.8) is 0 Å². The summed E-state index contributed by atoms with van der Waals surface area (Å²) in [5.41, 5.74) is 7.53. The highest BCUT2D eigenvalue weighted by atomic mass is 28.4. The van der Waals surface area contributed by atoms with Crippen molar-refractivity contribution in [1.29, 1.82) is 0 Å². The van der Waals surface area contributed by atoms with E-state index in [2.05, 4.69) is 158 Å². The zero-order valence-electron chi connectivity index (χ0n) is 25.6. The summed E-state index contributed by atoms with van der Waals surface area (Å²) in [7, 11) is -7.25. The van der Waals surface area contributed by atoms with Crippen LogP contribution in [-0.4, -0.2) is 44.5 Å². The van der Waals surface area contributed by atoms with Gasteiger partial charge in [0.25, 0.3) is 0 Å². The van der Waals surface area contributed by atoms with Gasteiger partial charge in [0, 0.05) is 6.42 Å². The van der Waals surface area contributed by atoms with Crippen molar-refractivity contribution in [3.8, 4) is 22.9 Å². The van der Waals surface area contributed by atoms with Gasteiger partial charge >= 0.3 is 0 Å². The van der Waals surface area contributed by atoms with Crippen molar-refractivity contribution in [2.75, 3.05) is 0 Å². The maximum absolute atomic E-state index is 6.95. The lowest BCUT2D eigenvalue weighted by molar-refractivity contribution is 0.213. The minimum atomic E-state index is -2.00. The standard InChI is InChI=1S/C30H52O2Si4/c1-29(2,3)36(13,14)31-28(26-27-18-16-15-17-19-27)20-21-30(32-35(10,11)12,22-24-33(4,5)6)23-25-34(7,8)9/h15-21,28H,26H2,1-14H3/b21-20+/t28-/m1/s1. The first kappa shape index (κ1) is 32.9. The summed E-state index contributed by atoms with van der Waals surface area (Å²) in [5, 5.41) is 0.122. The Kier molecular flexibility index (Phi) is 11.1. The Balaban J connectivity index is 3.69. The largest absolute Gasteiger partial charge is 0.410 e. The van der Waals surface area contributed by atoms with Gasteiger partial charge in [0.05, 0.1) is 6.10 Å². The molecule has 0 aromatic heterocycles. The van der Waals surface area contributed by atoms with Crippen LogP contribution in [0.4, 0.5) is 0 Å². The third-order valence-corrected chi connectivity index (χ3v) is 13.0. The average Bonchev–Trinajstić information content (AvgIpc) is 2.66. The van der Waals surface area contributed by atoms with Crippen molar-refractivity contribution in [2.45, 2.75) is 116 Å². The molecule has 0 spiro atoms. The third kappa shape index (κ3) is 12.9. The van der Waals surface area contributed by atoms with Crippen LogP contribution in [0.5, 0.6) is 0 Å². The lowest BCUT2D eigenvalue weighted by Crippen LogP contribution is -2.44. The topological polar surface area (TPSA) is 18.5 Å². The van der Waals surface area contributed by atoms with Crippen molar-refractivity contribution in [3.05, 3.63) is 48.0 Å². The fraction of sp³-hybridized carbons (Fsp3) is 0.600. The van der Waals surface area contributed by atoms with E-state index in [1.54, 1.807) is 0 Å². The van der Waals surface area contributed by atoms with Crippen LogP contribution in [0.3, 0.4) is 0 Å². The first-order chi connectivity index (χ1) is 16.0. The minimum absolute atomic E-state index is 0.0692. The van der Waals surface area contributed by atoms with E-state index in [9.17, 15) is 0 Å². The highest BCUT2D eigenvalue weighted by Crippen LogP contribution is 2.38. The Morgan fingerprint density at radius 3 is 1.64 bits per heavy atom. The van der Waals surface area contributed by atoms with Gasteiger partial charge in [0.1, 0.15) is 16.1 Å². The van der Waals surface area contributed by atoms with Gasteiger partial charge in [-0.1, -0.05) is 108 Å². The molecule has 0 fully saturated rings. The Morgan fingerprint density at radius 1 is 0.778 bits per heavy atom. The first-order valence-corrected chi connectivity index (χ1v) is 26.5. The van der Waals surface area contributed by atoms with Crippen LogP contribution >= 0.6 is 0 Å². The molecule has 2 nitrogen and oxygen atoms in total. The van der Waals surface area contributed by atoms with Crippen molar-refractivity contribution in [2.24, 2.45) is 0 Å². The van der Waals surface area contributed by atoms with Crippen LogP contribution in [0, 0.1) is 22.9 Å². The number of benzene rings is 1. The molecular weight excluding hydrogens is 505 g/mol. The fourth-order valence-corrected chi connectivity index (χ4v) is 6.57. The van der Waals surface area contributed by atoms with Crippen LogP contribution in [0.2, 0.25) is 77.1 Å². The average molecular weight is 557 g/mol. The smallest absolute Gasteiger partial charge is 0.199 e. The van der Waals surface area contributed by atoms with E-state index >= 15 is 0 Å². The summed E-state index contributed by atoms with van der Waals surface area (Å²) in [6.45, 7) is 31.8. The molecule has 0 aliphatic heterocycles. The molecule has 0 saturated heterocycles. The van der Waals surface area contributed by atoms with Gasteiger partial charge in [-0.2, -0.15) is 0 Å². The molecule has 0 aliphatic rings. The summed E-state index contributed by atoms with van der Waals surface area (Å²) in [4.78, 5) is 0. The molecule has 6 heteroatoms. The van der Waals surface area contributed by atoms with Crippen LogP contribution in [-0.2, 0) is 15.3 Å². The number of hydrogen-bond acceptors (Lipinski definition) is 2. The molecular formula is C30H52O2Si4. The highest BCUT2D eigenvalue weighted by Gasteiger charge is 2.39. The Morgan fingerprint density at radius 2 is 1.25 bits per heavy atom. The summed E-state index contributed by atoms with van der Waals surface area (Å²) < 4.78 is 13.8. The van der Waals surface area contributed by atoms with Crippen molar-refractivity contribution >= 4 is 32.8 Å². The van der Waals surface area contributed by atoms with Crippen LogP contribution in [0.15, 0.2) is 42.5 Å². The molecule has 0 saturated carbocycles. The van der Waals surface area contributed by atoms with E-state index in [1.165, 1.54) is 5.56 Å². The Bertz CT molecular complexity index is 962. The van der Waals surface area contributed by atoms with E-state index in [1.807, 2.05) is 0 Å². The normalized spacial score (nSPS) is 14.6. The predicted octanol–water partition coefficient (Wildman–Crippen LogP) is 8.53. The van der Waals surface area contributed by atoms with Gasteiger partial charge in [-0.25, -0.2) is 0 Å². The summed E-state index contributed by atoms with van der Waals surface area (Å²) in [6.07, 6.45) is 5.08. The summed E-state index contributed by atoms with van der Waals surface area (Å²) in [5.74, 6) is 7.11. The Labute approximate surface area is 227 Å². The maximum Gasteiger partial charge on any atom is 0.199 e. The maximum atomic E-state index is 6.95. The molecule has 0 bridgehead atoms. The Hall–Kier alpha value is -1.13. The second-order valence-electron chi connectivity index (χ2n) is 14.4. The molecule has 1 aromatic rings. The zero-order valence-corrected chi connectivity index (χ0v) is 29.6. The number of hydrogen-bond donors (Lipinski definition) is 0.